The van der Waals surface area contributed by atoms with E-state index in [0.717, 1.165) is 18.9 Å². The van der Waals surface area contributed by atoms with Crippen molar-refractivity contribution in [3.63, 3.8) is 0 Å². The number of hydrogen-bond acceptors (Lipinski definition) is 5. The van der Waals surface area contributed by atoms with Gasteiger partial charge in [-0.1, -0.05) is 13.8 Å². The van der Waals surface area contributed by atoms with Gasteiger partial charge in [0.2, 0.25) is 0 Å². The standard InChI is InChI=1S/C24H28F2N4O3/c1-24(2)9-17-19(18(31)10-24)16(7-12-3-4-12)29-30(17)22-15(25)8-14(23(27)32)21(20(22)26)28-13-5-6-33-11-13/h8,12-13,28H,3-7,9-11H2,1-2H3,(H2,27,32). The number of Topliss-reactive ketones (excluding diaryl/α,β-unsaturated/α-hetero) is 1. The van der Waals surface area contributed by atoms with Crippen LogP contribution in [0.5, 0.6) is 0 Å². The maximum atomic E-state index is 15.9. The minimum atomic E-state index is -0.950. The second kappa shape index (κ2) is 7.90. The quantitative estimate of drug-likeness (QED) is 0.690. The van der Waals surface area contributed by atoms with Crippen LogP contribution in [0.25, 0.3) is 5.69 Å². The minimum absolute atomic E-state index is 0.0424. The second-order valence-corrected chi connectivity index (χ2v) is 10.3. The van der Waals surface area contributed by atoms with Crippen LogP contribution < -0.4 is 11.1 Å². The number of rotatable bonds is 6. The molecule has 33 heavy (non-hydrogen) atoms. The van der Waals surface area contributed by atoms with Crippen LogP contribution >= 0.6 is 0 Å². The van der Waals surface area contributed by atoms with Crippen molar-refractivity contribution in [3.8, 4) is 5.69 Å². The van der Waals surface area contributed by atoms with E-state index in [1.165, 1.54) is 4.68 Å². The van der Waals surface area contributed by atoms with E-state index in [9.17, 15) is 9.59 Å². The van der Waals surface area contributed by atoms with Gasteiger partial charge in [0, 0.05) is 13.0 Å². The molecule has 3 aliphatic rings. The number of ether oxygens (including phenoxy) is 1. The molecule has 1 saturated carbocycles. The highest BCUT2D eigenvalue weighted by molar-refractivity contribution is 6.00. The Kier molecular flexibility index (Phi) is 5.27. The molecular formula is C24H28F2N4O3. The fourth-order valence-electron chi connectivity index (χ4n) is 4.94. The van der Waals surface area contributed by atoms with Crippen molar-refractivity contribution in [3.05, 3.63) is 40.2 Å². The summed E-state index contributed by atoms with van der Waals surface area (Å²) in [7, 11) is 0. The molecule has 1 aromatic heterocycles. The largest absolute Gasteiger partial charge is 0.379 e. The molecule has 2 aromatic rings. The number of nitrogens with zero attached hydrogens (tertiary/aromatic N) is 2. The molecule has 2 heterocycles. The number of amides is 1. The van der Waals surface area contributed by atoms with Crippen LogP contribution in [0.2, 0.25) is 0 Å². The van der Waals surface area contributed by atoms with Gasteiger partial charge in [-0.25, -0.2) is 13.5 Å². The Balaban J connectivity index is 1.69. The summed E-state index contributed by atoms with van der Waals surface area (Å²) >= 11 is 0. The number of ketones is 1. The fourth-order valence-corrected chi connectivity index (χ4v) is 4.94. The first-order valence-electron chi connectivity index (χ1n) is 11.4. The smallest absolute Gasteiger partial charge is 0.251 e. The van der Waals surface area contributed by atoms with Gasteiger partial charge >= 0.3 is 0 Å². The number of hydrogen-bond donors (Lipinski definition) is 2. The van der Waals surface area contributed by atoms with E-state index in [2.05, 4.69) is 10.4 Å². The summed E-state index contributed by atoms with van der Waals surface area (Å²) in [5.74, 6) is -2.43. The van der Waals surface area contributed by atoms with Crippen LogP contribution in [0.15, 0.2) is 6.07 Å². The van der Waals surface area contributed by atoms with Gasteiger partial charge in [0.05, 0.1) is 40.9 Å². The van der Waals surface area contributed by atoms with Crippen LogP contribution in [0.1, 0.15) is 71.6 Å². The SMILES string of the molecule is CC1(C)CC(=O)c2c(CC3CC3)nn(-c3c(F)cc(C(N)=O)c(NC4CCOC4)c3F)c2C1. The Hall–Kier alpha value is -2.81. The molecule has 2 fully saturated rings. The molecule has 1 atom stereocenters. The third kappa shape index (κ3) is 4.03. The number of primary amides is 1. The first-order chi connectivity index (χ1) is 15.6. The lowest BCUT2D eigenvalue weighted by Crippen LogP contribution is -2.29. The fraction of sp³-hybridized carbons (Fsp3) is 0.542. The van der Waals surface area contributed by atoms with Crippen molar-refractivity contribution >= 4 is 17.4 Å². The van der Waals surface area contributed by atoms with E-state index in [0.29, 0.717) is 61.8 Å². The highest BCUT2D eigenvalue weighted by Crippen LogP contribution is 2.41. The maximum Gasteiger partial charge on any atom is 0.251 e. The normalized spacial score (nSPS) is 21.8. The van der Waals surface area contributed by atoms with E-state index in [1.54, 1.807) is 0 Å². The summed E-state index contributed by atoms with van der Waals surface area (Å²) in [6.07, 6.45) is 4.19. The number of halogens is 2. The lowest BCUT2D eigenvalue weighted by Gasteiger charge is -2.29. The molecular weight excluding hydrogens is 430 g/mol. The van der Waals surface area contributed by atoms with Gasteiger partial charge in [-0.15, -0.1) is 0 Å². The molecule has 5 rings (SSSR count). The number of nitrogens with one attached hydrogen (secondary N) is 1. The molecule has 0 bridgehead atoms. The zero-order valence-corrected chi connectivity index (χ0v) is 18.8. The van der Waals surface area contributed by atoms with Crippen LogP contribution in [0, 0.1) is 23.0 Å². The van der Waals surface area contributed by atoms with Crippen molar-refractivity contribution in [2.45, 2.75) is 58.4 Å². The Morgan fingerprint density at radius 3 is 2.70 bits per heavy atom. The Bertz CT molecular complexity index is 1150. The van der Waals surface area contributed by atoms with Crippen LogP contribution in [0.4, 0.5) is 14.5 Å². The van der Waals surface area contributed by atoms with Gasteiger partial charge in [-0.2, -0.15) is 5.10 Å². The van der Waals surface area contributed by atoms with E-state index < -0.39 is 23.2 Å². The molecule has 1 aliphatic heterocycles. The number of anilines is 1. The summed E-state index contributed by atoms with van der Waals surface area (Å²) in [5.41, 5.74) is 5.87. The second-order valence-electron chi connectivity index (χ2n) is 10.3. The monoisotopic (exact) mass is 458 g/mol. The molecule has 1 aromatic carbocycles. The summed E-state index contributed by atoms with van der Waals surface area (Å²) in [4.78, 5) is 25.0. The highest BCUT2D eigenvalue weighted by atomic mass is 19.1. The predicted molar refractivity (Wildman–Crippen MR) is 118 cm³/mol. The van der Waals surface area contributed by atoms with Gasteiger partial charge in [0.15, 0.2) is 17.4 Å². The minimum Gasteiger partial charge on any atom is -0.379 e. The third-order valence-electron chi connectivity index (χ3n) is 6.75. The predicted octanol–water partition coefficient (Wildman–Crippen LogP) is 3.56. The molecule has 1 saturated heterocycles. The summed E-state index contributed by atoms with van der Waals surface area (Å²) < 4.78 is 37.9. The van der Waals surface area contributed by atoms with E-state index >= 15 is 8.78 Å². The average molecular weight is 459 g/mol. The number of benzene rings is 1. The van der Waals surface area contributed by atoms with Crippen molar-refractivity contribution in [2.24, 2.45) is 17.1 Å². The van der Waals surface area contributed by atoms with Crippen LogP contribution in [-0.4, -0.2) is 40.7 Å². The molecule has 2 aliphatic carbocycles. The van der Waals surface area contributed by atoms with Crippen molar-refractivity contribution in [1.29, 1.82) is 0 Å². The van der Waals surface area contributed by atoms with Crippen LogP contribution in [0.3, 0.4) is 0 Å². The maximum absolute atomic E-state index is 15.9. The van der Waals surface area contributed by atoms with Gasteiger partial charge in [0.25, 0.3) is 5.91 Å². The number of nitrogens with two attached hydrogens (primary N) is 1. The molecule has 0 spiro atoms. The number of carbonyl (C=O) groups excluding carboxylic acids is 2. The molecule has 7 nitrogen and oxygen atoms in total. The lowest BCUT2D eigenvalue weighted by atomic mass is 9.75. The van der Waals surface area contributed by atoms with E-state index in [1.807, 2.05) is 13.8 Å². The average Bonchev–Trinajstić information content (AvgIpc) is 3.25. The van der Waals surface area contributed by atoms with Crippen molar-refractivity contribution < 1.29 is 23.1 Å². The van der Waals surface area contributed by atoms with Crippen molar-refractivity contribution in [2.75, 3.05) is 18.5 Å². The number of carbonyl (C=O) groups is 2. The number of aromatic nitrogens is 2. The lowest BCUT2D eigenvalue weighted by molar-refractivity contribution is 0.0909. The highest BCUT2D eigenvalue weighted by Gasteiger charge is 2.39. The topological polar surface area (TPSA) is 99.2 Å². The van der Waals surface area contributed by atoms with Crippen molar-refractivity contribution in [1.82, 2.24) is 9.78 Å². The molecule has 3 N–H and O–H groups in total. The number of fused-ring (bicyclic) bond motifs is 1. The van der Waals surface area contributed by atoms with E-state index in [4.69, 9.17) is 10.5 Å². The van der Waals surface area contributed by atoms with Crippen LogP contribution in [-0.2, 0) is 17.6 Å². The molecule has 176 valence electrons. The summed E-state index contributed by atoms with van der Waals surface area (Å²) in [6.45, 7) is 4.77. The molecule has 9 heteroatoms. The van der Waals surface area contributed by atoms with Gasteiger partial charge in [-0.3, -0.25) is 9.59 Å². The molecule has 1 unspecified atom stereocenters. The Morgan fingerprint density at radius 2 is 2.06 bits per heavy atom. The Labute approximate surface area is 190 Å². The molecule has 1 amide bonds. The first-order valence-corrected chi connectivity index (χ1v) is 11.4. The van der Waals surface area contributed by atoms with Gasteiger partial charge < -0.3 is 15.8 Å². The van der Waals surface area contributed by atoms with Gasteiger partial charge in [0.1, 0.15) is 5.69 Å². The first kappa shape index (κ1) is 22.0. The molecule has 0 radical (unpaired) electrons. The summed E-state index contributed by atoms with van der Waals surface area (Å²) in [5, 5.41) is 7.55. The summed E-state index contributed by atoms with van der Waals surface area (Å²) in [6, 6.07) is 0.719. The third-order valence-corrected chi connectivity index (χ3v) is 6.75. The van der Waals surface area contributed by atoms with E-state index in [-0.39, 0.29) is 28.5 Å². The van der Waals surface area contributed by atoms with Gasteiger partial charge in [-0.05, 0) is 49.5 Å². The Morgan fingerprint density at radius 1 is 1.30 bits per heavy atom. The zero-order chi connectivity index (χ0) is 23.5. The zero-order valence-electron chi connectivity index (χ0n) is 18.8.